The van der Waals surface area contributed by atoms with Crippen LogP contribution in [0.2, 0.25) is 0 Å². The lowest BCUT2D eigenvalue weighted by Crippen LogP contribution is -2.26. The predicted octanol–water partition coefficient (Wildman–Crippen LogP) is 1.68. The monoisotopic (exact) mass is 363 g/mol. The Hall–Kier alpha value is -2.29. The first-order chi connectivity index (χ1) is 11.8. The van der Waals surface area contributed by atoms with Crippen LogP contribution in [0.5, 0.6) is 0 Å². The van der Waals surface area contributed by atoms with Gasteiger partial charge in [0.2, 0.25) is 5.91 Å². The SMILES string of the molecule is CC(C)CS(=O)(=O)CC(=O)Nc1ccc(-c2nnnn2C2CC2)cc1. The third-order valence-corrected chi connectivity index (χ3v) is 5.63. The maximum atomic E-state index is 11.9. The molecule has 0 bridgehead atoms. The van der Waals surface area contributed by atoms with Gasteiger partial charge in [0.25, 0.3) is 0 Å². The Bertz CT molecular complexity index is 854. The number of tetrazole rings is 1. The average molecular weight is 363 g/mol. The number of carbonyl (C=O) groups is 1. The van der Waals surface area contributed by atoms with Crippen LogP contribution in [-0.4, -0.2) is 46.0 Å². The first-order valence-electron chi connectivity index (χ1n) is 8.22. The maximum Gasteiger partial charge on any atom is 0.239 e. The molecule has 1 amide bonds. The number of nitrogens with zero attached hydrogens (tertiary/aromatic N) is 4. The molecule has 0 radical (unpaired) electrons. The van der Waals surface area contributed by atoms with Crippen LogP contribution in [-0.2, 0) is 14.6 Å². The summed E-state index contributed by atoms with van der Waals surface area (Å²) in [5, 5.41) is 14.4. The molecule has 25 heavy (non-hydrogen) atoms. The normalized spacial score (nSPS) is 14.7. The molecule has 1 N–H and O–H groups in total. The van der Waals surface area contributed by atoms with E-state index in [1.807, 2.05) is 30.7 Å². The van der Waals surface area contributed by atoms with Crippen molar-refractivity contribution in [2.75, 3.05) is 16.8 Å². The lowest BCUT2D eigenvalue weighted by molar-refractivity contribution is -0.113. The van der Waals surface area contributed by atoms with Gasteiger partial charge in [0, 0.05) is 11.3 Å². The molecule has 0 unspecified atom stereocenters. The molecule has 1 aliphatic carbocycles. The summed E-state index contributed by atoms with van der Waals surface area (Å²) >= 11 is 0. The molecule has 1 aliphatic rings. The van der Waals surface area contributed by atoms with E-state index in [-0.39, 0.29) is 11.7 Å². The lowest BCUT2D eigenvalue weighted by Gasteiger charge is -2.09. The Kier molecular flexibility index (Phi) is 4.85. The Labute approximate surface area is 146 Å². The second-order valence-corrected chi connectivity index (χ2v) is 8.86. The quantitative estimate of drug-likeness (QED) is 0.802. The molecule has 0 aliphatic heterocycles. The minimum Gasteiger partial charge on any atom is -0.325 e. The van der Waals surface area contributed by atoms with E-state index in [0.29, 0.717) is 17.6 Å². The third-order valence-electron chi connectivity index (χ3n) is 3.75. The molecule has 8 nitrogen and oxygen atoms in total. The fourth-order valence-electron chi connectivity index (χ4n) is 2.61. The zero-order valence-electron chi connectivity index (χ0n) is 14.2. The highest BCUT2D eigenvalue weighted by atomic mass is 32.2. The number of benzene rings is 1. The molecule has 1 aromatic carbocycles. The highest BCUT2D eigenvalue weighted by Crippen LogP contribution is 2.36. The minimum absolute atomic E-state index is 0.00316. The fraction of sp³-hybridized carbons (Fsp3) is 0.500. The molecule has 2 aromatic rings. The van der Waals surface area contributed by atoms with Crippen LogP contribution in [0.3, 0.4) is 0 Å². The summed E-state index contributed by atoms with van der Waals surface area (Å²) < 4.78 is 25.6. The van der Waals surface area contributed by atoms with E-state index in [1.165, 1.54) is 0 Å². The largest absolute Gasteiger partial charge is 0.325 e. The minimum atomic E-state index is -3.39. The molecule has 9 heteroatoms. The maximum absolute atomic E-state index is 11.9. The van der Waals surface area contributed by atoms with E-state index in [9.17, 15) is 13.2 Å². The molecular formula is C16H21N5O3S. The van der Waals surface area contributed by atoms with E-state index in [4.69, 9.17) is 0 Å². The van der Waals surface area contributed by atoms with Crippen molar-refractivity contribution in [1.82, 2.24) is 20.2 Å². The standard InChI is InChI=1S/C16H21N5O3S/c1-11(2)9-25(23,24)10-15(22)17-13-5-3-12(4-6-13)16-18-19-20-21(16)14-7-8-14/h3-6,11,14H,7-10H2,1-2H3,(H,17,22). The number of amides is 1. The van der Waals surface area contributed by atoms with Gasteiger partial charge >= 0.3 is 0 Å². The number of sulfone groups is 1. The van der Waals surface area contributed by atoms with Crippen LogP contribution in [0, 0.1) is 5.92 Å². The van der Waals surface area contributed by atoms with Gasteiger partial charge in [-0.05, 0) is 53.5 Å². The smallest absolute Gasteiger partial charge is 0.239 e. The van der Waals surface area contributed by atoms with Gasteiger partial charge in [0.1, 0.15) is 5.75 Å². The highest BCUT2D eigenvalue weighted by Gasteiger charge is 2.28. The van der Waals surface area contributed by atoms with Gasteiger partial charge in [-0.2, -0.15) is 0 Å². The van der Waals surface area contributed by atoms with Gasteiger partial charge in [-0.25, -0.2) is 13.1 Å². The van der Waals surface area contributed by atoms with E-state index >= 15 is 0 Å². The predicted molar refractivity (Wildman–Crippen MR) is 93.6 cm³/mol. The number of anilines is 1. The van der Waals surface area contributed by atoms with E-state index < -0.39 is 21.5 Å². The zero-order chi connectivity index (χ0) is 18.0. The molecule has 3 rings (SSSR count). The van der Waals surface area contributed by atoms with Crippen LogP contribution in [0.4, 0.5) is 5.69 Å². The topological polar surface area (TPSA) is 107 Å². The molecule has 1 fully saturated rings. The molecule has 1 saturated carbocycles. The Balaban J connectivity index is 1.64. The van der Waals surface area contributed by atoms with Crippen molar-refractivity contribution in [1.29, 1.82) is 0 Å². The molecule has 0 atom stereocenters. The summed E-state index contributed by atoms with van der Waals surface area (Å²) in [7, 11) is -3.39. The van der Waals surface area contributed by atoms with Gasteiger partial charge in [0.15, 0.2) is 15.7 Å². The number of hydrogen-bond acceptors (Lipinski definition) is 6. The number of hydrogen-bond donors (Lipinski definition) is 1. The van der Waals surface area contributed by atoms with Crippen LogP contribution in [0.15, 0.2) is 24.3 Å². The van der Waals surface area contributed by atoms with Crippen LogP contribution in [0.1, 0.15) is 32.7 Å². The van der Waals surface area contributed by atoms with Gasteiger partial charge in [-0.15, -0.1) is 5.10 Å². The van der Waals surface area contributed by atoms with Gasteiger partial charge in [-0.3, -0.25) is 4.79 Å². The molecule has 1 heterocycles. The first-order valence-corrected chi connectivity index (χ1v) is 10.0. The fourth-order valence-corrected chi connectivity index (χ4v) is 4.22. The van der Waals surface area contributed by atoms with Crippen LogP contribution in [0.25, 0.3) is 11.4 Å². The van der Waals surface area contributed by atoms with Crippen molar-refractivity contribution < 1.29 is 13.2 Å². The number of aromatic nitrogens is 4. The lowest BCUT2D eigenvalue weighted by atomic mass is 10.2. The Morgan fingerprint density at radius 3 is 2.56 bits per heavy atom. The van der Waals surface area contributed by atoms with Crippen molar-refractivity contribution in [2.24, 2.45) is 5.92 Å². The number of carbonyl (C=O) groups excluding carboxylic acids is 1. The first kappa shape index (κ1) is 17.5. The van der Waals surface area contributed by atoms with Crippen molar-refractivity contribution in [2.45, 2.75) is 32.7 Å². The summed E-state index contributed by atoms with van der Waals surface area (Å²) in [6.45, 7) is 3.62. The number of nitrogens with one attached hydrogen (secondary N) is 1. The second-order valence-electron chi connectivity index (χ2n) is 6.75. The van der Waals surface area contributed by atoms with E-state index in [1.54, 1.807) is 12.1 Å². The van der Waals surface area contributed by atoms with Crippen molar-refractivity contribution >= 4 is 21.4 Å². The highest BCUT2D eigenvalue weighted by molar-refractivity contribution is 7.92. The van der Waals surface area contributed by atoms with Gasteiger partial charge in [-0.1, -0.05) is 13.8 Å². The van der Waals surface area contributed by atoms with Crippen LogP contribution < -0.4 is 5.32 Å². The molecular weight excluding hydrogens is 342 g/mol. The van der Waals surface area contributed by atoms with Gasteiger partial charge in [0.05, 0.1) is 11.8 Å². The van der Waals surface area contributed by atoms with E-state index in [2.05, 4.69) is 20.8 Å². The third kappa shape index (κ3) is 4.62. The molecule has 0 spiro atoms. The molecule has 1 aromatic heterocycles. The van der Waals surface area contributed by atoms with Gasteiger partial charge < -0.3 is 5.32 Å². The zero-order valence-corrected chi connectivity index (χ0v) is 15.0. The summed E-state index contributed by atoms with van der Waals surface area (Å²) in [4.78, 5) is 11.9. The van der Waals surface area contributed by atoms with E-state index in [0.717, 1.165) is 18.4 Å². The van der Waals surface area contributed by atoms with Crippen LogP contribution >= 0.6 is 0 Å². The molecule has 0 saturated heterocycles. The van der Waals surface area contributed by atoms with Crippen molar-refractivity contribution in [3.8, 4) is 11.4 Å². The summed E-state index contributed by atoms with van der Waals surface area (Å²) in [5.41, 5.74) is 1.39. The molecule has 134 valence electrons. The summed E-state index contributed by atoms with van der Waals surface area (Å²) in [5.74, 6) is -0.346. The van der Waals surface area contributed by atoms with Crippen molar-refractivity contribution in [3.05, 3.63) is 24.3 Å². The van der Waals surface area contributed by atoms with Crippen molar-refractivity contribution in [3.63, 3.8) is 0 Å². The summed E-state index contributed by atoms with van der Waals surface area (Å²) in [6, 6.07) is 7.42. The number of rotatable bonds is 7. The average Bonchev–Trinajstić information content (AvgIpc) is 3.23. The Morgan fingerprint density at radius 2 is 1.96 bits per heavy atom. The second kappa shape index (κ2) is 6.91. The summed E-state index contributed by atoms with van der Waals surface area (Å²) in [6.07, 6.45) is 2.16. The Morgan fingerprint density at radius 1 is 1.28 bits per heavy atom.